The zero-order valence-electron chi connectivity index (χ0n) is 8.98. The van der Waals surface area contributed by atoms with Crippen molar-refractivity contribution in [1.82, 2.24) is 10.3 Å². The predicted octanol–water partition coefficient (Wildman–Crippen LogP) is 1.10. The number of carbonyl (C=O) groups is 1. The highest BCUT2D eigenvalue weighted by Crippen LogP contribution is 2.14. The highest BCUT2D eigenvalue weighted by Gasteiger charge is 2.06. The number of hydrogen-bond donors (Lipinski definition) is 2. The van der Waals surface area contributed by atoms with Gasteiger partial charge in [0.1, 0.15) is 5.82 Å². The van der Waals surface area contributed by atoms with Gasteiger partial charge in [-0.05, 0) is 24.3 Å². The van der Waals surface area contributed by atoms with Gasteiger partial charge < -0.3 is 10.4 Å². The van der Waals surface area contributed by atoms with Gasteiger partial charge in [0.15, 0.2) is 0 Å². The van der Waals surface area contributed by atoms with Crippen molar-refractivity contribution >= 4 is 16.8 Å². The maximum Gasteiger partial charge on any atom is 0.252 e. The van der Waals surface area contributed by atoms with Gasteiger partial charge in [-0.3, -0.25) is 9.78 Å². The molecule has 0 atom stereocenters. The fourth-order valence-corrected chi connectivity index (χ4v) is 1.50. The molecule has 4 nitrogen and oxygen atoms in total. The number of aliphatic hydroxyl groups excluding tert-OH is 1. The topological polar surface area (TPSA) is 62.2 Å². The molecular weight excluding hydrogens is 223 g/mol. The number of fused-ring (bicyclic) bond motifs is 1. The van der Waals surface area contributed by atoms with Crippen LogP contribution in [0, 0.1) is 5.82 Å². The molecule has 1 aromatic heterocycles. The number of aromatic nitrogens is 1. The molecule has 1 aromatic carbocycles. The van der Waals surface area contributed by atoms with Crippen LogP contribution < -0.4 is 5.32 Å². The number of nitrogens with zero attached hydrogens (tertiary/aromatic N) is 1. The third kappa shape index (κ3) is 2.57. The first-order valence-corrected chi connectivity index (χ1v) is 5.15. The Hall–Kier alpha value is -2.01. The molecule has 2 rings (SSSR count). The Bertz CT molecular complexity index is 557. The molecule has 0 unspecified atom stereocenters. The average Bonchev–Trinajstić information content (AvgIpc) is 2.35. The Morgan fingerprint density at radius 1 is 1.41 bits per heavy atom. The van der Waals surface area contributed by atoms with Gasteiger partial charge >= 0.3 is 0 Å². The van der Waals surface area contributed by atoms with Crippen LogP contribution in [0.1, 0.15) is 10.4 Å². The quantitative estimate of drug-likeness (QED) is 0.835. The third-order valence-electron chi connectivity index (χ3n) is 2.30. The average molecular weight is 234 g/mol. The van der Waals surface area contributed by atoms with Gasteiger partial charge in [0.25, 0.3) is 5.91 Å². The Kier molecular flexibility index (Phi) is 3.30. The minimum Gasteiger partial charge on any atom is -0.395 e. The summed E-state index contributed by atoms with van der Waals surface area (Å²) < 4.78 is 13.0. The summed E-state index contributed by atoms with van der Waals surface area (Å²) in [6.45, 7) is 0.0569. The van der Waals surface area contributed by atoms with Crippen molar-refractivity contribution in [3.8, 4) is 0 Å². The van der Waals surface area contributed by atoms with Gasteiger partial charge in [-0.25, -0.2) is 4.39 Å². The standard InChI is InChI=1S/C12H11FN2O2/c13-10-1-2-11-8(6-10)5-9(7-15-11)12(17)14-3-4-16/h1-2,5-7,16H,3-4H2,(H,14,17). The number of rotatable bonds is 3. The molecule has 0 aliphatic heterocycles. The van der Waals surface area contributed by atoms with Gasteiger partial charge in [-0.15, -0.1) is 0 Å². The summed E-state index contributed by atoms with van der Waals surface area (Å²) in [5.41, 5.74) is 0.974. The first-order valence-electron chi connectivity index (χ1n) is 5.15. The summed E-state index contributed by atoms with van der Waals surface area (Å²) >= 11 is 0. The highest BCUT2D eigenvalue weighted by atomic mass is 19.1. The third-order valence-corrected chi connectivity index (χ3v) is 2.30. The van der Waals surface area contributed by atoms with E-state index in [4.69, 9.17) is 5.11 Å². The van der Waals surface area contributed by atoms with Crippen molar-refractivity contribution in [2.45, 2.75) is 0 Å². The van der Waals surface area contributed by atoms with Crippen LogP contribution in [0.3, 0.4) is 0 Å². The molecule has 2 aromatic rings. The molecule has 0 saturated heterocycles. The predicted molar refractivity (Wildman–Crippen MR) is 61.1 cm³/mol. The normalized spacial score (nSPS) is 10.5. The van der Waals surface area contributed by atoms with Crippen LogP contribution in [0.2, 0.25) is 0 Å². The van der Waals surface area contributed by atoms with E-state index in [0.717, 1.165) is 0 Å². The Balaban J connectivity index is 2.33. The van der Waals surface area contributed by atoms with Crippen molar-refractivity contribution in [2.24, 2.45) is 0 Å². The van der Waals surface area contributed by atoms with Crippen LogP contribution in [0.15, 0.2) is 30.5 Å². The largest absolute Gasteiger partial charge is 0.395 e. The molecule has 1 amide bonds. The first-order chi connectivity index (χ1) is 8.20. The number of hydrogen-bond acceptors (Lipinski definition) is 3. The zero-order chi connectivity index (χ0) is 12.3. The Labute approximate surface area is 97.1 Å². The highest BCUT2D eigenvalue weighted by molar-refractivity contribution is 5.97. The maximum absolute atomic E-state index is 13.0. The number of aliphatic hydroxyl groups is 1. The van der Waals surface area contributed by atoms with Crippen LogP contribution in [0.4, 0.5) is 4.39 Å². The van der Waals surface area contributed by atoms with Crippen LogP contribution >= 0.6 is 0 Å². The van der Waals surface area contributed by atoms with Crippen LogP contribution in [0.25, 0.3) is 10.9 Å². The van der Waals surface area contributed by atoms with E-state index in [9.17, 15) is 9.18 Å². The SMILES string of the molecule is O=C(NCCO)c1cnc2ccc(F)cc2c1. The second kappa shape index (κ2) is 4.88. The fraction of sp³-hybridized carbons (Fsp3) is 0.167. The molecule has 17 heavy (non-hydrogen) atoms. The minimum absolute atomic E-state index is 0.124. The number of amides is 1. The van der Waals surface area contributed by atoms with Crippen LogP contribution in [-0.4, -0.2) is 29.1 Å². The minimum atomic E-state index is -0.368. The summed E-state index contributed by atoms with van der Waals surface area (Å²) in [6.07, 6.45) is 1.42. The summed E-state index contributed by atoms with van der Waals surface area (Å²) in [5, 5.41) is 11.7. The van der Waals surface area contributed by atoms with Crippen LogP contribution in [-0.2, 0) is 0 Å². The van der Waals surface area contributed by atoms with E-state index in [1.54, 1.807) is 12.1 Å². The number of pyridine rings is 1. The lowest BCUT2D eigenvalue weighted by molar-refractivity contribution is 0.0944. The summed E-state index contributed by atoms with van der Waals surface area (Å²) in [6, 6.07) is 5.77. The molecular formula is C12H11FN2O2. The molecule has 5 heteroatoms. The van der Waals surface area contributed by atoms with E-state index in [1.165, 1.54) is 18.3 Å². The maximum atomic E-state index is 13.0. The lowest BCUT2D eigenvalue weighted by atomic mass is 10.1. The molecule has 0 radical (unpaired) electrons. The molecule has 0 bridgehead atoms. The number of benzene rings is 1. The zero-order valence-corrected chi connectivity index (χ0v) is 8.98. The van der Waals surface area contributed by atoms with Crippen molar-refractivity contribution in [1.29, 1.82) is 0 Å². The Morgan fingerprint density at radius 3 is 3.00 bits per heavy atom. The number of carbonyl (C=O) groups excluding carboxylic acids is 1. The lowest BCUT2D eigenvalue weighted by Crippen LogP contribution is -2.26. The van der Waals surface area contributed by atoms with Gasteiger partial charge in [0.2, 0.25) is 0 Å². The van der Waals surface area contributed by atoms with Gasteiger partial charge in [0, 0.05) is 18.1 Å². The van der Waals surface area contributed by atoms with E-state index >= 15 is 0 Å². The van der Waals surface area contributed by atoms with Crippen molar-refractivity contribution in [3.05, 3.63) is 41.8 Å². The molecule has 88 valence electrons. The molecule has 0 aliphatic carbocycles. The summed E-state index contributed by atoms with van der Waals surface area (Å²) in [7, 11) is 0. The molecule has 0 saturated carbocycles. The number of halogens is 1. The van der Waals surface area contributed by atoms with Crippen molar-refractivity contribution in [2.75, 3.05) is 13.2 Å². The van der Waals surface area contributed by atoms with E-state index in [-0.39, 0.29) is 24.9 Å². The molecule has 2 N–H and O–H groups in total. The Morgan fingerprint density at radius 2 is 2.24 bits per heavy atom. The van der Waals surface area contributed by atoms with Crippen molar-refractivity contribution < 1.29 is 14.3 Å². The number of nitrogens with one attached hydrogen (secondary N) is 1. The molecule has 0 aliphatic rings. The molecule has 0 spiro atoms. The fourth-order valence-electron chi connectivity index (χ4n) is 1.50. The van der Waals surface area contributed by atoms with E-state index in [1.807, 2.05) is 0 Å². The first kappa shape index (κ1) is 11.5. The van der Waals surface area contributed by atoms with E-state index in [0.29, 0.717) is 16.5 Å². The van der Waals surface area contributed by atoms with Crippen LogP contribution in [0.5, 0.6) is 0 Å². The second-order valence-electron chi connectivity index (χ2n) is 3.54. The lowest BCUT2D eigenvalue weighted by Gasteiger charge is -2.04. The van der Waals surface area contributed by atoms with Crippen molar-refractivity contribution in [3.63, 3.8) is 0 Å². The molecule has 1 heterocycles. The smallest absolute Gasteiger partial charge is 0.252 e. The summed E-state index contributed by atoms with van der Waals surface area (Å²) in [5.74, 6) is -0.704. The second-order valence-corrected chi connectivity index (χ2v) is 3.54. The van der Waals surface area contributed by atoms with Gasteiger partial charge in [-0.2, -0.15) is 0 Å². The van der Waals surface area contributed by atoms with Gasteiger partial charge in [-0.1, -0.05) is 0 Å². The molecule has 0 fully saturated rings. The van der Waals surface area contributed by atoms with E-state index in [2.05, 4.69) is 10.3 Å². The summed E-state index contributed by atoms with van der Waals surface area (Å²) in [4.78, 5) is 15.6. The van der Waals surface area contributed by atoms with E-state index < -0.39 is 0 Å². The van der Waals surface area contributed by atoms with Gasteiger partial charge in [0.05, 0.1) is 17.7 Å². The monoisotopic (exact) mass is 234 g/mol.